The van der Waals surface area contributed by atoms with Gasteiger partial charge in [-0.1, -0.05) is 38.3 Å². The van der Waals surface area contributed by atoms with E-state index in [0.29, 0.717) is 43.9 Å². The maximum absolute atomic E-state index is 14.2. The molecule has 2 amide bonds. The van der Waals surface area contributed by atoms with Gasteiger partial charge in [-0.15, -0.1) is 0 Å². The third-order valence-electron chi connectivity index (χ3n) is 13.2. The number of amides is 2. The van der Waals surface area contributed by atoms with Crippen LogP contribution < -0.4 is 14.8 Å². The summed E-state index contributed by atoms with van der Waals surface area (Å²) in [6.45, 7) is 6.12. The number of hydrogen-bond donors (Lipinski definition) is 2. The van der Waals surface area contributed by atoms with Crippen LogP contribution in [0, 0.1) is 16.7 Å². The van der Waals surface area contributed by atoms with Crippen LogP contribution in [-0.4, -0.2) is 77.4 Å². The molecule has 0 radical (unpaired) electrons. The molecule has 4 aliphatic carbocycles. The van der Waals surface area contributed by atoms with Gasteiger partial charge in [-0.3, -0.25) is 9.59 Å². The summed E-state index contributed by atoms with van der Waals surface area (Å²) in [6.07, 6.45) is 12.3. The minimum Gasteiger partial charge on any atom is -0.497 e. The molecule has 2 heterocycles. The van der Waals surface area contributed by atoms with E-state index in [1.807, 2.05) is 12.1 Å². The zero-order chi connectivity index (χ0) is 36.3. The molecule has 2 saturated carbocycles. The zero-order valence-corrected chi connectivity index (χ0v) is 31.7. The van der Waals surface area contributed by atoms with Crippen LogP contribution in [0.3, 0.4) is 0 Å². The second-order valence-electron chi connectivity index (χ2n) is 16.5. The van der Waals surface area contributed by atoms with Crippen molar-refractivity contribution in [3.8, 4) is 5.75 Å². The Labute approximate surface area is 308 Å². The van der Waals surface area contributed by atoms with Crippen molar-refractivity contribution in [1.29, 1.82) is 0 Å². The Morgan fingerprint density at radius 2 is 1.65 bits per heavy atom. The molecule has 0 aromatic heterocycles. The maximum Gasteiger partial charge on any atom is 0.264 e. The smallest absolute Gasteiger partial charge is 0.264 e. The lowest BCUT2D eigenvalue weighted by Crippen LogP contribution is -2.48. The monoisotopic (exact) mass is 727 g/mol. The second kappa shape index (κ2) is 13.7. The molecule has 3 unspecified atom stereocenters. The predicted octanol–water partition coefficient (Wildman–Crippen LogP) is 6.55. The number of ether oxygens (including phenoxy) is 2. The van der Waals surface area contributed by atoms with Gasteiger partial charge in [-0.25, -0.2) is 13.1 Å². The van der Waals surface area contributed by atoms with Crippen LogP contribution >= 0.6 is 0 Å². The van der Waals surface area contributed by atoms with Crippen LogP contribution in [0.25, 0.3) is 17.2 Å². The van der Waals surface area contributed by atoms with E-state index in [9.17, 15) is 18.0 Å². The van der Waals surface area contributed by atoms with E-state index in [1.165, 1.54) is 36.0 Å². The Morgan fingerprint density at radius 3 is 2.40 bits per heavy atom. The predicted molar refractivity (Wildman–Crippen MR) is 203 cm³/mol. The van der Waals surface area contributed by atoms with Gasteiger partial charge in [0, 0.05) is 47.5 Å². The molecule has 3 atom stereocenters. The van der Waals surface area contributed by atoms with Crippen molar-refractivity contribution in [2.24, 2.45) is 16.7 Å². The van der Waals surface area contributed by atoms with Gasteiger partial charge in [0.2, 0.25) is 15.9 Å². The number of carbonyl (C=O) groups is 2. The molecule has 0 bridgehead atoms. The Kier molecular flexibility index (Phi) is 9.40. The number of rotatable bonds is 9. The molecule has 2 aromatic carbocycles. The van der Waals surface area contributed by atoms with E-state index in [2.05, 4.69) is 53.2 Å². The second-order valence-corrected chi connectivity index (χ2v) is 18.4. The molecule has 10 heteroatoms. The Balaban J connectivity index is 1.16. The van der Waals surface area contributed by atoms with Crippen LogP contribution in [0.5, 0.6) is 5.75 Å². The van der Waals surface area contributed by atoms with Crippen molar-refractivity contribution in [3.05, 3.63) is 69.8 Å². The van der Waals surface area contributed by atoms with Crippen molar-refractivity contribution in [2.45, 2.75) is 88.7 Å². The number of carbonyl (C=O) groups excluding carboxylic acids is 2. The maximum atomic E-state index is 14.2. The van der Waals surface area contributed by atoms with Gasteiger partial charge in [0.1, 0.15) is 5.75 Å². The molecule has 8 rings (SSSR count). The van der Waals surface area contributed by atoms with Gasteiger partial charge in [-0.2, -0.15) is 0 Å². The van der Waals surface area contributed by atoms with Crippen LogP contribution in [0.4, 0.5) is 0 Å². The fourth-order valence-electron chi connectivity index (χ4n) is 10.3. The average Bonchev–Trinajstić information content (AvgIpc) is 3.81. The quantitative estimate of drug-likeness (QED) is 0.301. The third-order valence-corrected chi connectivity index (χ3v) is 15.0. The van der Waals surface area contributed by atoms with Crippen LogP contribution in [0.1, 0.15) is 116 Å². The zero-order valence-electron chi connectivity index (χ0n) is 30.9. The van der Waals surface area contributed by atoms with E-state index in [0.717, 1.165) is 79.8 Å². The van der Waals surface area contributed by atoms with Gasteiger partial charge in [-0.05, 0) is 128 Å². The van der Waals surface area contributed by atoms with Crippen LogP contribution in [0.15, 0.2) is 42.0 Å². The van der Waals surface area contributed by atoms with Crippen LogP contribution in [-0.2, 0) is 19.6 Å². The lowest BCUT2D eigenvalue weighted by molar-refractivity contribution is -0.118. The number of fused-ring (bicyclic) bond motifs is 6. The number of allylic oxidation sites excluding steroid dienone is 2. The van der Waals surface area contributed by atoms with Gasteiger partial charge in [0.25, 0.3) is 5.91 Å². The molecular weight excluding hydrogens is 675 g/mol. The first-order chi connectivity index (χ1) is 25.1. The van der Waals surface area contributed by atoms with Gasteiger partial charge < -0.3 is 19.7 Å². The highest BCUT2D eigenvalue weighted by molar-refractivity contribution is 7.91. The third kappa shape index (κ3) is 6.22. The van der Waals surface area contributed by atoms with Crippen molar-refractivity contribution in [3.63, 3.8) is 0 Å². The van der Waals surface area contributed by atoms with E-state index in [4.69, 9.17) is 9.47 Å². The lowest BCUT2D eigenvalue weighted by atomic mass is 9.66. The molecule has 0 spiro atoms. The number of methoxy groups -OCH3 is 1. The highest BCUT2D eigenvalue weighted by Gasteiger charge is 2.59. The Morgan fingerprint density at radius 1 is 0.904 bits per heavy atom. The standard InChI is InChI=1S/C42H53N3O6S/c1-4-41-23-45(2)24-42(41,26-51-25-41)22-43-39(46)28-11-8-12-34-36-21-29(40(47)44-52(48,49)32-15-16-32)13-17-35(36)37(27-9-6-5-7-10-27)38(34)33-18-14-31(50-3)20-30(33)19-28/h13-14,17-21,27,32,34H,4-12,15-16,22-26H2,1-3H3,(H,43,46)(H,44,47). The normalized spacial score (nSPS) is 27.8. The summed E-state index contributed by atoms with van der Waals surface area (Å²) in [5, 5.41) is 2.92. The van der Waals surface area contributed by atoms with E-state index in [1.54, 1.807) is 13.2 Å². The molecular formula is C42H53N3O6S. The summed E-state index contributed by atoms with van der Waals surface area (Å²) in [4.78, 5) is 30.0. The minimum atomic E-state index is -3.68. The average molecular weight is 728 g/mol. The molecule has 9 nitrogen and oxygen atoms in total. The number of sulfonamides is 1. The molecule has 52 heavy (non-hydrogen) atoms. The molecule has 2 aromatic rings. The summed E-state index contributed by atoms with van der Waals surface area (Å²) in [6, 6.07) is 12.0. The first-order valence-electron chi connectivity index (χ1n) is 19.4. The molecule has 2 aliphatic heterocycles. The van der Waals surface area contributed by atoms with E-state index in [-0.39, 0.29) is 22.7 Å². The number of nitrogens with one attached hydrogen (secondary N) is 2. The highest BCUT2D eigenvalue weighted by atomic mass is 32.2. The Hall–Kier alpha value is -3.47. The van der Waals surface area contributed by atoms with Gasteiger partial charge >= 0.3 is 0 Å². The molecule has 2 N–H and O–H groups in total. The molecule has 4 fully saturated rings. The number of likely N-dealkylation sites (tertiary alicyclic amines) is 1. The first kappa shape index (κ1) is 35.6. The van der Waals surface area contributed by atoms with Crippen molar-refractivity contribution >= 4 is 39.1 Å². The first-order valence-corrected chi connectivity index (χ1v) is 21.0. The number of hydrogen-bond acceptors (Lipinski definition) is 7. The topological polar surface area (TPSA) is 114 Å². The summed E-state index contributed by atoms with van der Waals surface area (Å²) in [5.74, 6) is 0.543. The summed E-state index contributed by atoms with van der Waals surface area (Å²) >= 11 is 0. The van der Waals surface area contributed by atoms with Gasteiger partial charge in [0.15, 0.2) is 0 Å². The highest BCUT2D eigenvalue weighted by Crippen LogP contribution is 2.56. The Bertz CT molecular complexity index is 1940. The molecule has 2 saturated heterocycles. The van der Waals surface area contributed by atoms with Gasteiger partial charge in [0.05, 0.1) is 25.6 Å². The fourth-order valence-corrected chi connectivity index (χ4v) is 11.6. The SMILES string of the molecule is CCC12COCC1(CNC(=O)C1=Cc3cc(OC)ccc3C3=C(C4CCCCC4)c4ccc(C(=O)NS(=O)(=O)C5CC5)cc4C3CCC1)CN(C)C2. The lowest BCUT2D eigenvalue weighted by Gasteiger charge is -2.37. The molecule has 278 valence electrons. The number of nitrogens with zero attached hydrogens (tertiary/aromatic N) is 1. The van der Waals surface area contributed by atoms with Crippen molar-refractivity contribution in [1.82, 2.24) is 14.9 Å². The fraction of sp³-hybridized carbons (Fsp3) is 0.571. The molecule has 6 aliphatic rings. The van der Waals surface area contributed by atoms with Crippen LogP contribution in [0.2, 0.25) is 0 Å². The summed E-state index contributed by atoms with van der Waals surface area (Å²) < 4.78 is 39.6. The van der Waals surface area contributed by atoms with E-state index < -0.39 is 21.2 Å². The van der Waals surface area contributed by atoms with Crippen molar-refractivity contribution < 1.29 is 27.5 Å². The van der Waals surface area contributed by atoms with Crippen molar-refractivity contribution in [2.75, 3.05) is 47.0 Å². The summed E-state index contributed by atoms with van der Waals surface area (Å²) in [7, 11) is 0.166. The largest absolute Gasteiger partial charge is 0.497 e. The number of benzene rings is 2. The minimum absolute atomic E-state index is 0.0106. The van der Waals surface area contributed by atoms with E-state index >= 15 is 0 Å². The summed E-state index contributed by atoms with van der Waals surface area (Å²) in [5.41, 5.74) is 8.04.